The summed E-state index contributed by atoms with van der Waals surface area (Å²) in [6.07, 6.45) is 0.996. The minimum Gasteiger partial charge on any atom is -0.302 e. The van der Waals surface area contributed by atoms with E-state index in [-0.39, 0.29) is 11.8 Å². The molecule has 1 fully saturated rings. The Morgan fingerprint density at radius 2 is 2.05 bits per heavy atom. The van der Waals surface area contributed by atoms with E-state index >= 15 is 0 Å². The first kappa shape index (κ1) is 13.8. The molecule has 1 aromatic heterocycles. The van der Waals surface area contributed by atoms with Crippen molar-refractivity contribution in [2.75, 3.05) is 5.32 Å². The minimum absolute atomic E-state index is 0.105. The van der Waals surface area contributed by atoms with Gasteiger partial charge in [-0.1, -0.05) is 35.0 Å². The van der Waals surface area contributed by atoms with Crippen LogP contribution < -0.4 is 5.32 Å². The van der Waals surface area contributed by atoms with Gasteiger partial charge < -0.3 is 5.32 Å². The van der Waals surface area contributed by atoms with Crippen molar-refractivity contribution in [1.82, 2.24) is 4.98 Å². The van der Waals surface area contributed by atoms with Crippen LogP contribution in [0, 0.1) is 18.8 Å². The van der Waals surface area contributed by atoms with E-state index in [1.807, 2.05) is 31.2 Å². The molecule has 1 N–H and O–H groups in total. The molecule has 3 nitrogen and oxygen atoms in total. The Labute approximate surface area is 130 Å². The number of carbonyl (C=O) groups is 1. The first-order chi connectivity index (χ1) is 9.54. The highest BCUT2D eigenvalue weighted by Gasteiger charge is 2.39. The quantitative estimate of drug-likeness (QED) is 0.886. The maximum absolute atomic E-state index is 11.9. The Kier molecular flexibility index (Phi) is 3.65. The lowest BCUT2D eigenvalue weighted by atomic mass is 10.1. The lowest BCUT2D eigenvalue weighted by Crippen LogP contribution is -2.14. The lowest BCUT2D eigenvalue weighted by molar-refractivity contribution is -0.117. The number of thiazole rings is 1. The molecule has 104 valence electrons. The summed E-state index contributed by atoms with van der Waals surface area (Å²) in [6.45, 7) is 4.13. The first-order valence-corrected chi connectivity index (χ1v) is 8.20. The molecule has 1 aromatic carbocycles. The van der Waals surface area contributed by atoms with E-state index in [1.54, 1.807) is 0 Å². The molecule has 1 heterocycles. The van der Waals surface area contributed by atoms with Crippen LogP contribution in [0.25, 0.3) is 11.3 Å². The van der Waals surface area contributed by atoms with Gasteiger partial charge in [-0.2, -0.15) is 0 Å². The van der Waals surface area contributed by atoms with Gasteiger partial charge in [-0.15, -0.1) is 11.3 Å². The monoisotopic (exact) mass is 350 g/mol. The van der Waals surface area contributed by atoms with Crippen LogP contribution in [0.5, 0.6) is 0 Å². The fourth-order valence-electron chi connectivity index (χ4n) is 2.21. The molecule has 0 bridgehead atoms. The van der Waals surface area contributed by atoms with E-state index in [0.717, 1.165) is 27.0 Å². The van der Waals surface area contributed by atoms with Crippen molar-refractivity contribution in [2.24, 2.45) is 11.8 Å². The van der Waals surface area contributed by atoms with Gasteiger partial charge in [-0.25, -0.2) is 4.98 Å². The van der Waals surface area contributed by atoms with E-state index < -0.39 is 0 Å². The fourth-order valence-corrected chi connectivity index (χ4v) is 3.31. The molecule has 0 saturated heterocycles. The molecular formula is C15H15BrN2OS. The normalized spacial score (nSPS) is 20.8. The van der Waals surface area contributed by atoms with Gasteiger partial charge >= 0.3 is 0 Å². The summed E-state index contributed by atoms with van der Waals surface area (Å²) in [6, 6.07) is 8.05. The molecule has 0 radical (unpaired) electrons. The number of benzene rings is 1. The summed E-state index contributed by atoms with van der Waals surface area (Å²) in [5.41, 5.74) is 2.02. The lowest BCUT2D eigenvalue weighted by Gasteiger charge is -1.99. The first-order valence-electron chi connectivity index (χ1n) is 6.59. The Bertz CT molecular complexity index is 650. The Hall–Kier alpha value is -1.20. The zero-order valence-corrected chi connectivity index (χ0v) is 13.7. The van der Waals surface area contributed by atoms with Crippen molar-refractivity contribution in [3.63, 3.8) is 0 Å². The molecule has 0 spiro atoms. The number of carbonyl (C=O) groups excluding carboxylic acids is 1. The summed E-state index contributed by atoms with van der Waals surface area (Å²) in [4.78, 5) is 17.6. The van der Waals surface area contributed by atoms with Crippen LogP contribution in [0.3, 0.4) is 0 Å². The number of aryl methyl sites for hydroxylation is 1. The predicted molar refractivity (Wildman–Crippen MR) is 85.9 cm³/mol. The molecule has 0 aliphatic heterocycles. The Morgan fingerprint density at radius 1 is 1.40 bits per heavy atom. The summed E-state index contributed by atoms with van der Waals surface area (Å²) in [7, 11) is 0. The second kappa shape index (κ2) is 5.30. The third-order valence-corrected chi connectivity index (χ3v) is 5.01. The highest BCUT2D eigenvalue weighted by molar-refractivity contribution is 9.10. The number of halogens is 1. The number of hydrogen-bond acceptors (Lipinski definition) is 3. The minimum atomic E-state index is 0.105. The maximum Gasteiger partial charge on any atom is 0.229 e. The van der Waals surface area contributed by atoms with E-state index in [4.69, 9.17) is 0 Å². The molecule has 2 aromatic rings. The number of nitrogens with one attached hydrogen (secondary N) is 1. The number of aromatic nitrogens is 1. The van der Waals surface area contributed by atoms with Crippen LogP contribution >= 0.6 is 27.3 Å². The van der Waals surface area contributed by atoms with Gasteiger partial charge in [0.1, 0.15) is 0 Å². The summed E-state index contributed by atoms with van der Waals surface area (Å²) >= 11 is 4.96. The predicted octanol–water partition coefficient (Wildman–Crippen LogP) is 4.48. The summed E-state index contributed by atoms with van der Waals surface area (Å²) < 4.78 is 1.05. The highest BCUT2D eigenvalue weighted by Crippen LogP contribution is 2.39. The van der Waals surface area contributed by atoms with Crippen molar-refractivity contribution in [3.05, 3.63) is 33.6 Å². The molecule has 1 saturated carbocycles. The Morgan fingerprint density at radius 3 is 2.65 bits per heavy atom. The van der Waals surface area contributed by atoms with Crippen LogP contribution in [0.2, 0.25) is 0 Å². The molecule has 2 atom stereocenters. The van der Waals surface area contributed by atoms with E-state index in [1.165, 1.54) is 11.3 Å². The summed E-state index contributed by atoms with van der Waals surface area (Å²) in [5, 5.41) is 3.63. The van der Waals surface area contributed by atoms with Crippen molar-refractivity contribution in [2.45, 2.75) is 20.3 Å². The number of amides is 1. The standard InChI is InChI=1S/C15H15BrN2OS/c1-8-7-12(8)14(19)18-15-17-13(9(2)20-15)10-3-5-11(16)6-4-10/h3-6,8,12H,7H2,1-2H3,(H,17,18,19). The smallest absolute Gasteiger partial charge is 0.229 e. The van der Waals surface area contributed by atoms with Crippen LogP contribution in [-0.2, 0) is 4.79 Å². The van der Waals surface area contributed by atoms with Crippen molar-refractivity contribution in [1.29, 1.82) is 0 Å². The van der Waals surface area contributed by atoms with E-state index in [2.05, 4.69) is 33.2 Å². The average molecular weight is 351 g/mol. The van der Waals surface area contributed by atoms with Crippen LogP contribution in [0.15, 0.2) is 28.7 Å². The zero-order valence-electron chi connectivity index (χ0n) is 11.3. The number of nitrogens with zero attached hydrogens (tertiary/aromatic N) is 1. The molecule has 1 amide bonds. The topological polar surface area (TPSA) is 42.0 Å². The van der Waals surface area contributed by atoms with Gasteiger partial charge in [0.25, 0.3) is 0 Å². The second-order valence-electron chi connectivity index (χ2n) is 5.24. The zero-order chi connectivity index (χ0) is 14.3. The largest absolute Gasteiger partial charge is 0.302 e. The van der Waals surface area contributed by atoms with Crippen LogP contribution in [-0.4, -0.2) is 10.9 Å². The van der Waals surface area contributed by atoms with Gasteiger partial charge in [0.05, 0.1) is 5.69 Å². The van der Waals surface area contributed by atoms with Crippen LogP contribution in [0.4, 0.5) is 5.13 Å². The second-order valence-corrected chi connectivity index (χ2v) is 7.36. The van der Waals surface area contributed by atoms with Gasteiger partial charge in [-0.3, -0.25) is 4.79 Å². The summed E-state index contributed by atoms with van der Waals surface area (Å²) in [5.74, 6) is 0.797. The molecule has 1 aliphatic rings. The van der Waals surface area contributed by atoms with Gasteiger partial charge in [0.15, 0.2) is 5.13 Å². The number of anilines is 1. The molecule has 3 rings (SSSR count). The van der Waals surface area contributed by atoms with Crippen molar-refractivity contribution in [3.8, 4) is 11.3 Å². The molecule has 2 unspecified atom stereocenters. The molecular weight excluding hydrogens is 336 g/mol. The third kappa shape index (κ3) is 2.79. The molecule has 5 heteroatoms. The van der Waals surface area contributed by atoms with E-state index in [0.29, 0.717) is 11.0 Å². The average Bonchev–Trinajstić information content (AvgIpc) is 3.03. The van der Waals surface area contributed by atoms with Gasteiger partial charge in [0.2, 0.25) is 5.91 Å². The maximum atomic E-state index is 11.9. The highest BCUT2D eigenvalue weighted by atomic mass is 79.9. The van der Waals surface area contributed by atoms with Gasteiger partial charge in [0, 0.05) is 20.8 Å². The number of hydrogen-bond donors (Lipinski definition) is 1. The number of rotatable bonds is 3. The van der Waals surface area contributed by atoms with Gasteiger partial charge in [-0.05, 0) is 31.4 Å². The van der Waals surface area contributed by atoms with Crippen LogP contribution in [0.1, 0.15) is 18.2 Å². The molecule has 1 aliphatic carbocycles. The fraction of sp³-hybridized carbons (Fsp3) is 0.333. The molecule has 20 heavy (non-hydrogen) atoms. The Balaban J connectivity index is 1.80. The third-order valence-electron chi connectivity index (χ3n) is 3.59. The van der Waals surface area contributed by atoms with Crippen molar-refractivity contribution < 1.29 is 4.79 Å². The SMILES string of the molecule is Cc1sc(NC(=O)C2CC2C)nc1-c1ccc(Br)cc1. The van der Waals surface area contributed by atoms with Crippen molar-refractivity contribution >= 4 is 38.3 Å². The van der Waals surface area contributed by atoms with E-state index in [9.17, 15) is 4.79 Å².